The molecule has 0 aromatic heterocycles. The van der Waals surface area contributed by atoms with Crippen molar-refractivity contribution in [1.29, 1.82) is 0 Å². The van der Waals surface area contributed by atoms with Gasteiger partial charge in [-0.05, 0) is 0 Å². The van der Waals surface area contributed by atoms with Crippen LogP contribution in [0.25, 0.3) is 0 Å². The lowest BCUT2D eigenvalue weighted by Crippen LogP contribution is -2.23. The van der Waals surface area contributed by atoms with Gasteiger partial charge in [0.1, 0.15) is 0 Å². The van der Waals surface area contributed by atoms with Crippen LogP contribution in [0, 0.1) is 5.92 Å². The van der Waals surface area contributed by atoms with Gasteiger partial charge in [0.15, 0.2) is 0 Å². The van der Waals surface area contributed by atoms with Crippen molar-refractivity contribution >= 4 is 11.9 Å². The van der Waals surface area contributed by atoms with Gasteiger partial charge in [-0.3, -0.25) is 9.59 Å². The van der Waals surface area contributed by atoms with Gasteiger partial charge in [-0.25, -0.2) is 0 Å². The first-order valence-electron chi connectivity index (χ1n) is 4.03. The maximum absolute atomic E-state index is 10.8. The van der Waals surface area contributed by atoms with Gasteiger partial charge in [-0.2, -0.15) is 0 Å². The maximum Gasteiger partial charge on any atom is 0.308 e. The van der Waals surface area contributed by atoms with Crippen LogP contribution in [0.3, 0.4) is 0 Å². The predicted octanol–water partition coefficient (Wildman–Crippen LogP) is 0.369. The number of carboxylic acids is 1. The molecule has 0 bridgehead atoms. The monoisotopic (exact) mass is 190 g/mol. The minimum atomic E-state index is -1.15. The summed E-state index contributed by atoms with van der Waals surface area (Å²) in [6.45, 7) is 3.38. The van der Waals surface area contributed by atoms with Crippen LogP contribution in [-0.4, -0.2) is 28.4 Å². The molecule has 13 heavy (non-hydrogen) atoms. The number of carboxylic acid groups (broad SMARTS) is 1. The second kappa shape index (κ2) is 5.53. The maximum atomic E-state index is 10.8. The number of aliphatic hydroxyl groups excluding tert-OH is 1. The Morgan fingerprint density at radius 1 is 1.31 bits per heavy atom. The predicted molar refractivity (Wildman–Crippen MR) is 43.8 cm³/mol. The summed E-state index contributed by atoms with van der Waals surface area (Å²) in [5.74, 6) is -1.94. The Labute approximate surface area is 76.3 Å². The molecule has 0 aliphatic carbocycles. The molecule has 0 amide bonds. The van der Waals surface area contributed by atoms with E-state index in [1.165, 1.54) is 0 Å². The van der Waals surface area contributed by atoms with Crippen molar-refractivity contribution in [2.45, 2.75) is 33.0 Å². The van der Waals surface area contributed by atoms with Crippen molar-refractivity contribution < 1.29 is 24.5 Å². The van der Waals surface area contributed by atoms with E-state index in [2.05, 4.69) is 4.74 Å². The van der Waals surface area contributed by atoms with Gasteiger partial charge in [-0.1, -0.05) is 13.8 Å². The highest BCUT2D eigenvalue weighted by atomic mass is 16.6. The largest absolute Gasteiger partial charge is 0.481 e. The van der Waals surface area contributed by atoms with Gasteiger partial charge < -0.3 is 14.9 Å². The molecule has 0 saturated heterocycles. The first-order valence-corrected chi connectivity index (χ1v) is 4.03. The Balaban J connectivity index is 3.68. The third kappa shape index (κ3) is 6.10. The first-order chi connectivity index (χ1) is 5.93. The second-order valence-electron chi connectivity index (χ2n) is 3.02. The highest BCUT2D eigenvalue weighted by Crippen LogP contribution is 2.04. The number of aliphatic carboxylic acids is 1. The molecule has 5 heteroatoms. The van der Waals surface area contributed by atoms with Crippen LogP contribution < -0.4 is 0 Å². The molecule has 0 radical (unpaired) electrons. The van der Waals surface area contributed by atoms with Crippen LogP contribution in [0.1, 0.15) is 26.7 Å². The van der Waals surface area contributed by atoms with E-state index < -0.39 is 18.2 Å². The van der Waals surface area contributed by atoms with E-state index in [-0.39, 0.29) is 18.8 Å². The number of carbonyl (C=O) groups is 2. The third-order valence-electron chi connectivity index (χ3n) is 1.37. The van der Waals surface area contributed by atoms with Crippen LogP contribution in [-0.2, 0) is 14.3 Å². The molecule has 1 unspecified atom stereocenters. The molecule has 0 heterocycles. The van der Waals surface area contributed by atoms with Gasteiger partial charge in [0.05, 0.1) is 12.8 Å². The van der Waals surface area contributed by atoms with E-state index in [1.54, 1.807) is 13.8 Å². The van der Waals surface area contributed by atoms with Crippen molar-refractivity contribution in [2.24, 2.45) is 5.92 Å². The van der Waals surface area contributed by atoms with Crippen molar-refractivity contribution in [2.75, 3.05) is 0 Å². The quantitative estimate of drug-likeness (QED) is 0.483. The number of aliphatic hydroxyl groups is 1. The summed E-state index contributed by atoms with van der Waals surface area (Å²) in [6.07, 6.45) is -1.63. The van der Waals surface area contributed by atoms with E-state index in [0.29, 0.717) is 0 Å². The molecule has 0 aromatic rings. The summed E-state index contributed by atoms with van der Waals surface area (Å²) in [6, 6.07) is 0. The van der Waals surface area contributed by atoms with Crippen LogP contribution in [0.4, 0.5) is 0 Å². The van der Waals surface area contributed by atoms with Crippen LogP contribution >= 0.6 is 0 Å². The lowest BCUT2D eigenvalue weighted by Gasteiger charge is -2.14. The Hall–Kier alpha value is -1.10. The summed E-state index contributed by atoms with van der Waals surface area (Å²) in [5, 5.41) is 17.3. The summed E-state index contributed by atoms with van der Waals surface area (Å²) in [5.41, 5.74) is 0. The fourth-order valence-corrected chi connectivity index (χ4v) is 0.539. The molecule has 0 aliphatic rings. The zero-order valence-electron chi connectivity index (χ0n) is 7.69. The Morgan fingerprint density at radius 2 is 1.85 bits per heavy atom. The van der Waals surface area contributed by atoms with E-state index in [9.17, 15) is 9.59 Å². The average Bonchev–Trinajstić information content (AvgIpc) is 2.00. The highest BCUT2D eigenvalue weighted by Gasteiger charge is 2.15. The number of hydrogen-bond acceptors (Lipinski definition) is 4. The topological polar surface area (TPSA) is 83.8 Å². The normalized spacial score (nSPS) is 12.6. The standard InChI is InChI=1S/C8H14O5/c1-5(2)8(12)13-7(11)4-3-6(9)10/h5,8,12H,3-4H2,1-2H3,(H,9,10). The van der Waals surface area contributed by atoms with Crippen molar-refractivity contribution in [3.05, 3.63) is 0 Å². The molecule has 5 nitrogen and oxygen atoms in total. The first kappa shape index (κ1) is 11.9. The number of hydrogen-bond donors (Lipinski definition) is 2. The van der Waals surface area contributed by atoms with Gasteiger partial charge in [0.2, 0.25) is 6.29 Å². The van der Waals surface area contributed by atoms with Gasteiger partial charge >= 0.3 is 11.9 Å². The third-order valence-corrected chi connectivity index (χ3v) is 1.37. The molecule has 0 saturated carbocycles. The molecule has 0 spiro atoms. The Kier molecular flexibility index (Phi) is 5.06. The summed E-state index contributed by atoms with van der Waals surface area (Å²) >= 11 is 0. The summed E-state index contributed by atoms with van der Waals surface area (Å²) in [7, 11) is 0. The molecule has 0 aliphatic heterocycles. The molecule has 0 aromatic carbocycles. The lowest BCUT2D eigenvalue weighted by atomic mass is 10.2. The minimum absolute atomic E-state index is 0.186. The van der Waals surface area contributed by atoms with Gasteiger partial charge in [0, 0.05) is 5.92 Å². The lowest BCUT2D eigenvalue weighted by molar-refractivity contribution is -0.175. The van der Waals surface area contributed by atoms with E-state index in [1.807, 2.05) is 0 Å². The molecule has 0 fully saturated rings. The van der Waals surface area contributed by atoms with Crippen molar-refractivity contribution in [1.82, 2.24) is 0 Å². The zero-order chi connectivity index (χ0) is 10.4. The molecule has 76 valence electrons. The minimum Gasteiger partial charge on any atom is -0.481 e. The molecule has 0 rings (SSSR count). The molecule has 1 atom stereocenters. The fraction of sp³-hybridized carbons (Fsp3) is 0.750. The fourth-order valence-electron chi connectivity index (χ4n) is 0.539. The van der Waals surface area contributed by atoms with Crippen molar-refractivity contribution in [3.8, 4) is 0 Å². The van der Waals surface area contributed by atoms with Crippen molar-refractivity contribution in [3.63, 3.8) is 0 Å². The van der Waals surface area contributed by atoms with E-state index in [0.717, 1.165) is 0 Å². The molecular weight excluding hydrogens is 176 g/mol. The van der Waals surface area contributed by atoms with Gasteiger partial charge in [0.25, 0.3) is 0 Å². The summed E-state index contributed by atoms with van der Waals surface area (Å²) in [4.78, 5) is 20.9. The summed E-state index contributed by atoms with van der Waals surface area (Å²) < 4.78 is 4.52. The van der Waals surface area contributed by atoms with Crippen LogP contribution in [0.2, 0.25) is 0 Å². The molecular formula is C8H14O5. The Bertz CT molecular complexity index is 187. The zero-order valence-corrected chi connectivity index (χ0v) is 7.69. The number of ether oxygens (including phenoxy) is 1. The van der Waals surface area contributed by atoms with E-state index >= 15 is 0 Å². The van der Waals surface area contributed by atoms with E-state index in [4.69, 9.17) is 10.2 Å². The number of carbonyl (C=O) groups excluding carboxylic acids is 1. The molecule has 2 N–H and O–H groups in total. The highest BCUT2D eigenvalue weighted by molar-refractivity contribution is 5.76. The van der Waals surface area contributed by atoms with Crippen LogP contribution in [0.5, 0.6) is 0 Å². The SMILES string of the molecule is CC(C)C(O)OC(=O)CCC(=O)O. The smallest absolute Gasteiger partial charge is 0.308 e. The number of rotatable bonds is 5. The average molecular weight is 190 g/mol. The van der Waals surface area contributed by atoms with Crippen LogP contribution in [0.15, 0.2) is 0 Å². The van der Waals surface area contributed by atoms with Gasteiger partial charge in [-0.15, -0.1) is 0 Å². The second-order valence-corrected chi connectivity index (χ2v) is 3.02. The Morgan fingerprint density at radius 3 is 2.23 bits per heavy atom. The number of esters is 1.